The summed E-state index contributed by atoms with van der Waals surface area (Å²) in [6, 6.07) is 21.1. The van der Waals surface area contributed by atoms with Gasteiger partial charge in [0, 0.05) is 25.7 Å². The molecule has 3 aromatic rings. The second kappa shape index (κ2) is 8.25. The molecule has 6 rings (SSSR count). The molecule has 2 fully saturated rings. The lowest BCUT2D eigenvalue weighted by atomic mass is 9.83. The molecule has 2 amide bonds. The fourth-order valence-electron chi connectivity index (χ4n) is 5.75. The molecule has 4 heterocycles. The number of hydrogen-bond acceptors (Lipinski definition) is 5. The number of hydrogen-bond donors (Lipinski definition) is 0. The number of benzene rings is 2. The Labute approximate surface area is 198 Å². The highest BCUT2D eigenvalue weighted by atomic mass is 16.5. The largest absolute Gasteiger partial charge is 0.497 e. The van der Waals surface area contributed by atoms with Gasteiger partial charge in [0.15, 0.2) is 0 Å². The minimum Gasteiger partial charge on any atom is -0.497 e. The van der Waals surface area contributed by atoms with Crippen LogP contribution in [0.3, 0.4) is 0 Å². The Bertz CT molecular complexity index is 1250. The maximum absolute atomic E-state index is 14.4. The SMILES string of the molecule is COc1cccc([C@@H]2[C@@H](C(=O)N3CCc4cccnc43)[C@@H](c3ccccc3)N3CCC(=O)N23)c1. The van der Waals surface area contributed by atoms with Crippen LogP contribution in [0.1, 0.15) is 35.2 Å². The van der Waals surface area contributed by atoms with Gasteiger partial charge in [-0.2, -0.15) is 0 Å². The average molecular weight is 455 g/mol. The third kappa shape index (κ3) is 3.19. The van der Waals surface area contributed by atoms with Crippen molar-refractivity contribution in [3.8, 4) is 5.75 Å². The second-order valence-electron chi connectivity index (χ2n) is 8.98. The van der Waals surface area contributed by atoms with Gasteiger partial charge in [0.1, 0.15) is 11.6 Å². The molecule has 172 valence electrons. The molecule has 0 bridgehead atoms. The van der Waals surface area contributed by atoms with E-state index in [1.54, 1.807) is 13.3 Å². The topological polar surface area (TPSA) is 66.0 Å². The van der Waals surface area contributed by atoms with Gasteiger partial charge < -0.3 is 4.74 Å². The van der Waals surface area contributed by atoms with E-state index in [0.717, 1.165) is 28.9 Å². The fraction of sp³-hybridized carbons (Fsp3) is 0.296. The number of aromatic nitrogens is 1. The molecule has 7 heteroatoms. The van der Waals surface area contributed by atoms with Crippen LogP contribution in [0, 0.1) is 5.92 Å². The molecule has 1 aromatic heterocycles. The summed E-state index contributed by atoms with van der Waals surface area (Å²) in [7, 11) is 1.63. The molecule has 3 aliphatic rings. The third-order valence-corrected chi connectivity index (χ3v) is 7.21. The molecule has 2 aromatic carbocycles. The van der Waals surface area contributed by atoms with Gasteiger partial charge in [0.05, 0.1) is 25.1 Å². The molecule has 3 aliphatic heterocycles. The number of carbonyl (C=O) groups excluding carboxylic acids is 2. The first-order valence-corrected chi connectivity index (χ1v) is 11.7. The lowest BCUT2D eigenvalue weighted by molar-refractivity contribution is -0.139. The number of nitrogens with zero attached hydrogens (tertiary/aromatic N) is 4. The van der Waals surface area contributed by atoms with E-state index in [-0.39, 0.29) is 17.9 Å². The monoisotopic (exact) mass is 454 g/mol. The minimum atomic E-state index is -0.480. The van der Waals surface area contributed by atoms with Crippen LogP contribution in [0.5, 0.6) is 5.75 Å². The van der Waals surface area contributed by atoms with Crippen molar-refractivity contribution in [3.63, 3.8) is 0 Å². The summed E-state index contributed by atoms with van der Waals surface area (Å²) in [5.74, 6) is 1.01. The van der Waals surface area contributed by atoms with E-state index in [0.29, 0.717) is 25.3 Å². The highest BCUT2D eigenvalue weighted by Crippen LogP contribution is 2.52. The Balaban J connectivity index is 1.50. The van der Waals surface area contributed by atoms with Crippen LogP contribution in [0.2, 0.25) is 0 Å². The van der Waals surface area contributed by atoms with E-state index >= 15 is 0 Å². The number of fused-ring (bicyclic) bond motifs is 2. The quantitative estimate of drug-likeness (QED) is 0.603. The lowest BCUT2D eigenvalue weighted by Crippen LogP contribution is -2.40. The van der Waals surface area contributed by atoms with Crippen molar-refractivity contribution in [2.75, 3.05) is 25.1 Å². The first-order valence-electron chi connectivity index (χ1n) is 11.7. The van der Waals surface area contributed by atoms with Crippen molar-refractivity contribution < 1.29 is 14.3 Å². The molecule has 0 radical (unpaired) electrons. The van der Waals surface area contributed by atoms with Gasteiger partial charge in [0.2, 0.25) is 11.8 Å². The number of carbonyl (C=O) groups is 2. The fourth-order valence-corrected chi connectivity index (χ4v) is 5.75. The van der Waals surface area contributed by atoms with Crippen LogP contribution in [0.25, 0.3) is 0 Å². The molecule has 3 atom stereocenters. The third-order valence-electron chi connectivity index (χ3n) is 7.21. The maximum atomic E-state index is 14.4. The summed E-state index contributed by atoms with van der Waals surface area (Å²) in [5, 5.41) is 3.92. The van der Waals surface area contributed by atoms with E-state index < -0.39 is 12.0 Å². The molecule has 7 nitrogen and oxygen atoms in total. The number of pyridine rings is 1. The summed E-state index contributed by atoms with van der Waals surface area (Å²) in [6.07, 6.45) is 2.96. The minimum absolute atomic E-state index is 0.00122. The van der Waals surface area contributed by atoms with Crippen LogP contribution < -0.4 is 9.64 Å². The first-order chi connectivity index (χ1) is 16.7. The van der Waals surface area contributed by atoms with Gasteiger partial charge in [-0.15, -0.1) is 0 Å². The smallest absolute Gasteiger partial charge is 0.238 e. The molecular formula is C27H26N4O3. The molecule has 0 unspecified atom stereocenters. The maximum Gasteiger partial charge on any atom is 0.238 e. The van der Waals surface area contributed by atoms with Crippen molar-refractivity contribution >= 4 is 17.6 Å². The Kier molecular flexibility index (Phi) is 5.07. The normalized spacial score (nSPS) is 23.8. The van der Waals surface area contributed by atoms with Crippen molar-refractivity contribution in [2.24, 2.45) is 5.92 Å². The Morgan fingerprint density at radius 1 is 0.941 bits per heavy atom. The van der Waals surface area contributed by atoms with Gasteiger partial charge in [-0.05, 0) is 41.3 Å². The van der Waals surface area contributed by atoms with Crippen LogP contribution in [0.15, 0.2) is 72.9 Å². The number of ether oxygens (including phenoxy) is 1. The van der Waals surface area contributed by atoms with Gasteiger partial charge in [-0.3, -0.25) is 19.5 Å². The van der Waals surface area contributed by atoms with Gasteiger partial charge >= 0.3 is 0 Å². The standard InChI is InChI=1S/C27H26N4O3/c1-34-21-11-5-9-20(17-21)25-23(27(33)29-15-12-19-10-6-14-28-26(19)29)24(18-7-3-2-4-8-18)30-16-13-22(32)31(25)30/h2-11,14,17,23-25H,12-13,15-16H2,1H3/t23-,24+,25+/m0/s1. The molecule has 0 saturated carbocycles. The van der Waals surface area contributed by atoms with Crippen LogP contribution in [-0.2, 0) is 16.0 Å². The summed E-state index contributed by atoms with van der Waals surface area (Å²) < 4.78 is 5.48. The van der Waals surface area contributed by atoms with Crippen molar-refractivity contribution in [2.45, 2.75) is 24.9 Å². The van der Waals surface area contributed by atoms with Crippen LogP contribution in [0.4, 0.5) is 5.82 Å². The highest BCUT2D eigenvalue weighted by Gasteiger charge is 2.57. The Hall–Kier alpha value is -3.71. The molecular weight excluding hydrogens is 428 g/mol. The summed E-state index contributed by atoms with van der Waals surface area (Å²) in [5.41, 5.74) is 3.02. The van der Waals surface area contributed by atoms with E-state index in [1.165, 1.54) is 0 Å². The van der Waals surface area contributed by atoms with Crippen molar-refractivity contribution in [3.05, 3.63) is 89.6 Å². The Morgan fingerprint density at radius 2 is 1.76 bits per heavy atom. The molecule has 0 spiro atoms. The summed E-state index contributed by atoms with van der Waals surface area (Å²) >= 11 is 0. The zero-order valence-corrected chi connectivity index (χ0v) is 19.0. The van der Waals surface area contributed by atoms with Crippen molar-refractivity contribution in [1.82, 2.24) is 15.0 Å². The van der Waals surface area contributed by atoms with Gasteiger partial charge in [-0.1, -0.05) is 48.5 Å². The van der Waals surface area contributed by atoms with E-state index in [4.69, 9.17) is 4.74 Å². The highest BCUT2D eigenvalue weighted by molar-refractivity contribution is 5.98. The summed E-state index contributed by atoms with van der Waals surface area (Å²) in [6.45, 7) is 1.19. The zero-order valence-electron chi connectivity index (χ0n) is 19.0. The Morgan fingerprint density at radius 3 is 2.59 bits per heavy atom. The van der Waals surface area contributed by atoms with E-state index in [2.05, 4.69) is 22.1 Å². The van der Waals surface area contributed by atoms with Crippen LogP contribution >= 0.6 is 0 Å². The second-order valence-corrected chi connectivity index (χ2v) is 8.98. The molecule has 34 heavy (non-hydrogen) atoms. The summed E-state index contributed by atoms with van der Waals surface area (Å²) in [4.78, 5) is 33.9. The van der Waals surface area contributed by atoms with E-state index in [9.17, 15) is 9.59 Å². The molecule has 0 N–H and O–H groups in total. The number of anilines is 1. The average Bonchev–Trinajstić information content (AvgIpc) is 3.57. The number of hydrazine groups is 1. The first kappa shape index (κ1) is 20.9. The zero-order chi connectivity index (χ0) is 23.2. The predicted octanol–water partition coefficient (Wildman–Crippen LogP) is 3.54. The van der Waals surface area contributed by atoms with E-state index in [1.807, 2.05) is 64.5 Å². The van der Waals surface area contributed by atoms with Crippen molar-refractivity contribution in [1.29, 1.82) is 0 Å². The lowest BCUT2D eigenvalue weighted by Gasteiger charge is -2.29. The van der Waals surface area contributed by atoms with Crippen LogP contribution in [-0.4, -0.2) is 47.0 Å². The number of rotatable bonds is 4. The predicted molar refractivity (Wildman–Crippen MR) is 127 cm³/mol. The number of amides is 2. The molecule has 2 saturated heterocycles. The van der Waals surface area contributed by atoms with Gasteiger partial charge in [0.25, 0.3) is 0 Å². The van der Waals surface area contributed by atoms with Gasteiger partial charge in [-0.25, -0.2) is 9.99 Å². The number of methoxy groups -OCH3 is 1. The molecule has 0 aliphatic carbocycles.